The summed E-state index contributed by atoms with van der Waals surface area (Å²) in [5.74, 6) is 0.848. The maximum Gasteiger partial charge on any atom is 0.129 e. The first kappa shape index (κ1) is 12.9. The minimum atomic E-state index is 0.494. The Kier molecular flexibility index (Phi) is 4.56. The van der Waals surface area contributed by atoms with E-state index >= 15 is 0 Å². The first-order valence-corrected chi connectivity index (χ1v) is 5.97. The topological polar surface area (TPSA) is 31.4 Å². The molecule has 0 N–H and O–H groups in total. The van der Waals surface area contributed by atoms with Crippen molar-refractivity contribution in [1.82, 2.24) is 4.98 Å². The lowest BCUT2D eigenvalue weighted by molar-refractivity contribution is 0.107. The van der Waals surface area contributed by atoms with Crippen molar-refractivity contribution in [3.63, 3.8) is 0 Å². The highest BCUT2D eigenvalue weighted by Crippen LogP contribution is 2.13. The summed E-state index contributed by atoms with van der Waals surface area (Å²) in [6.45, 7) is 1.09. The van der Waals surface area contributed by atoms with E-state index in [0.29, 0.717) is 18.4 Å². The highest BCUT2D eigenvalue weighted by molar-refractivity contribution is 6.29. The van der Waals surface area contributed by atoms with Gasteiger partial charge in [0.2, 0.25) is 0 Å². The van der Waals surface area contributed by atoms with E-state index in [1.807, 2.05) is 30.3 Å². The predicted octanol–water partition coefficient (Wildman–Crippen LogP) is 3.46. The molecule has 0 aliphatic heterocycles. The fourth-order valence-corrected chi connectivity index (χ4v) is 1.61. The molecule has 2 aromatic rings. The molecule has 0 bridgehead atoms. The highest BCUT2D eigenvalue weighted by atomic mass is 35.5. The SMILES string of the molecule is COc1ccc(COCc2ccc(Cl)nc2)cc1. The summed E-state index contributed by atoms with van der Waals surface area (Å²) in [4.78, 5) is 4.00. The number of hydrogen-bond donors (Lipinski definition) is 0. The second-order valence-corrected chi connectivity index (χ2v) is 4.22. The van der Waals surface area contributed by atoms with E-state index in [4.69, 9.17) is 21.1 Å². The van der Waals surface area contributed by atoms with Crippen molar-refractivity contribution in [3.8, 4) is 5.75 Å². The van der Waals surface area contributed by atoms with Crippen molar-refractivity contribution in [3.05, 3.63) is 58.9 Å². The average Bonchev–Trinajstić information content (AvgIpc) is 2.42. The molecule has 3 nitrogen and oxygen atoms in total. The maximum atomic E-state index is 5.71. The van der Waals surface area contributed by atoms with E-state index in [2.05, 4.69) is 4.98 Å². The Morgan fingerprint density at radius 2 is 1.67 bits per heavy atom. The van der Waals surface area contributed by atoms with E-state index in [9.17, 15) is 0 Å². The number of benzene rings is 1. The van der Waals surface area contributed by atoms with Gasteiger partial charge in [0.05, 0.1) is 20.3 Å². The molecule has 0 atom stereocenters. The van der Waals surface area contributed by atoms with E-state index < -0.39 is 0 Å². The fraction of sp³-hybridized carbons (Fsp3) is 0.214. The molecule has 0 unspecified atom stereocenters. The zero-order valence-corrected chi connectivity index (χ0v) is 10.9. The monoisotopic (exact) mass is 263 g/mol. The van der Waals surface area contributed by atoms with Crippen molar-refractivity contribution in [2.75, 3.05) is 7.11 Å². The Morgan fingerprint density at radius 3 is 2.28 bits per heavy atom. The summed E-state index contributed by atoms with van der Waals surface area (Å²) in [6, 6.07) is 11.5. The van der Waals surface area contributed by atoms with E-state index in [0.717, 1.165) is 16.9 Å². The normalized spacial score (nSPS) is 10.3. The molecule has 0 spiro atoms. The molecule has 0 aliphatic rings. The lowest BCUT2D eigenvalue weighted by Gasteiger charge is -2.05. The van der Waals surface area contributed by atoms with Crippen molar-refractivity contribution in [2.24, 2.45) is 0 Å². The Balaban J connectivity index is 1.82. The quantitative estimate of drug-likeness (QED) is 0.774. The van der Waals surface area contributed by atoms with Gasteiger partial charge in [0, 0.05) is 6.20 Å². The van der Waals surface area contributed by atoms with Gasteiger partial charge in [-0.15, -0.1) is 0 Å². The molecule has 0 fully saturated rings. The van der Waals surface area contributed by atoms with Gasteiger partial charge in [0.15, 0.2) is 0 Å². The molecule has 1 heterocycles. The number of hydrogen-bond acceptors (Lipinski definition) is 3. The number of aromatic nitrogens is 1. The Labute approximate surface area is 111 Å². The molecule has 1 aromatic heterocycles. The summed E-state index contributed by atoms with van der Waals surface area (Å²) in [6.07, 6.45) is 1.72. The van der Waals surface area contributed by atoms with Gasteiger partial charge in [-0.05, 0) is 29.3 Å². The Morgan fingerprint density at radius 1 is 1.00 bits per heavy atom. The van der Waals surface area contributed by atoms with Gasteiger partial charge in [0.1, 0.15) is 10.9 Å². The first-order valence-electron chi connectivity index (χ1n) is 5.59. The third kappa shape index (κ3) is 3.72. The predicted molar refractivity (Wildman–Crippen MR) is 70.7 cm³/mol. The largest absolute Gasteiger partial charge is 0.497 e. The molecule has 0 amide bonds. The summed E-state index contributed by atoms with van der Waals surface area (Å²) in [5, 5.41) is 0.494. The van der Waals surface area contributed by atoms with Gasteiger partial charge in [-0.3, -0.25) is 0 Å². The molecule has 0 radical (unpaired) electrons. The van der Waals surface area contributed by atoms with Crippen molar-refractivity contribution < 1.29 is 9.47 Å². The highest BCUT2D eigenvalue weighted by Gasteiger charge is 1.97. The van der Waals surface area contributed by atoms with Crippen LogP contribution < -0.4 is 4.74 Å². The zero-order valence-electron chi connectivity index (χ0n) is 10.1. The standard InChI is InChI=1S/C14H14ClNO2/c1-17-13-5-2-11(3-6-13)9-18-10-12-4-7-14(15)16-8-12/h2-8H,9-10H2,1H3. The van der Waals surface area contributed by atoms with Crippen molar-refractivity contribution >= 4 is 11.6 Å². The second-order valence-electron chi connectivity index (χ2n) is 3.83. The average molecular weight is 264 g/mol. The molecule has 1 aromatic carbocycles. The van der Waals surface area contributed by atoms with Gasteiger partial charge >= 0.3 is 0 Å². The Bertz CT molecular complexity index is 482. The van der Waals surface area contributed by atoms with Crippen LogP contribution >= 0.6 is 11.6 Å². The summed E-state index contributed by atoms with van der Waals surface area (Å²) < 4.78 is 10.7. The molecule has 18 heavy (non-hydrogen) atoms. The molecular formula is C14H14ClNO2. The van der Waals surface area contributed by atoms with Crippen LogP contribution in [0.3, 0.4) is 0 Å². The van der Waals surface area contributed by atoms with Crippen molar-refractivity contribution in [1.29, 1.82) is 0 Å². The second kappa shape index (κ2) is 6.38. The minimum absolute atomic E-state index is 0.494. The van der Waals surface area contributed by atoms with Gasteiger partial charge in [0.25, 0.3) is 0 Å². The minimum Gasteiger partial charge on any atom is -0.497 e. The lowest BCUT2D eigenvalue weighted by Crippen LogP contribution is -1.95. The van der Waals surface area contributed by atoms with Gasteiger partial charge in [-0.1, -0.05) is 29.8 Å². The van der Waals surface area contributed by atoms with Crippen LogP contribution in [0, 0.1) is 0 Å². The molecule has 0 saturated heterocycles. The van der Waals surface area contributed by atoms with Crippen LogP contribution in [0.4, 0.5) is 0 Å². The fourth-order valence-electron chi connectivity index (χ4n) is 1.50. The van der Waals surface area contributed by atoms with Crippen LogP contribution in [0.25, 0.3) is 0 Å². The van der Waals surface area contributed by atoms with Crippen LogP contribution in [0.5, 0.6) is 5.75 Å². The molecule has 94 valence electrons. The third-order valence-corrected chi connectivity index (χ3v) is 2.71. The molecule has 0 saturated carbocycles. The maximum absolute atomic E-state index is 5.71. The molecule has 4 heteroatoms. The first-order chi connectivity index (χ1) is 8.78. The summed E-state index contributed by atoms with van der Waals surface area (Å²) in [5.41, 5.74) is 2.12. The molecular weight excluding hydrogens is 250 g/mol. The number of halogens is 1. The number of pyridine rings is 1. The Hall–Kier alpha value is -1.58. The van der Waals surface area contributed by atoms with Crippen LogP contribution in [0.2, 0.25) is 5.15 Å². The van der Waals surface area contributed by atoms with Gasteiger partial charge in [-0.25, -0.2) is 4.98 Å². The van der Waals surface area contributed by atoms with Gasteiger partial charge in [-0.2, -0.15) is 0 Å². The third-order valence-electron chi connectivity index (χ3n) is 2.49. The molecule has 2 rings (SSSR count). The van der Waals surface area contributed by atoms with Gasteiger partial charge < -0.3 is 9.47 Å². The molecule has 0 aliphatic carbocycles. The van der Waals surface area contributed by atoms with Crippen molar-refractivity contribution in [2.45, 2.75) is 13.2 Å². The number of rotatable bonds is 5. The van der Waals surface area contributed by atoms with Crippen LogP contribution in [-0.2, 0) is 18.0 Å². The van der Waals surface area contributed by atoms with Crippen LogP contribution in [0.15, 0.2) is 42.6 Å². The summed E-state index contributed by atoms with van der Waals surface area (Å²) in [7, 11) is 1.65. The summed E-state index contributed by atoms with van der Waals surface area (Å²) >= 11 is 5.71. The lowest BCUT2D eigenvalue weighted by atomic mass is 10.2. The number of methoxy groups -OCH3 is 1. The van der Waals surface area contributed by atoms with E-state index in [1.54, 1.807) is 19.4 Å². The smallest absolute Gasteiger partial charge is 0.129 e. The van der Waals surface area contributed by atoms with E-state index in [1.165, 1.54) is 0 Å². The number of ether oxygens (including phenoxy) is 2. The van der Waals surface area contributed by atoms with Crippen LogP contribution in [-0.4, -0.2) is 12.1 Å². The van der Waals surface area contributed by atoms with Crippen LogP contribution in [0.1, 0.15) is 11.1 Å². The van der Waals surface area contributed by atoms with E-state index in [-0.39, 0.29) is 0 Å². The zero-order chi connectivity index (χ0) is 12.8. The number of nitrogens with zero attached hydrogens (tertiary/aromatic N) is 1.